The zero-order valence-corrected chi connectivity index (χ0v) is 10.5. The first-order valence-corrected chi connectivity index (χ1v) is 6.09. The molecule has 1 aliphatic rings. The predicted molar refractivity (Wildman–Crippen MR) is 65.4 cm³/mol. The van der Waals surface area contributed by atoms with Crippen LogP contribution in [0, 0.1) is 0 Å². The molecule has 0 saturated carbocycles. The Kier molecular flexibility index (Phi) is 3.02. The number of likely N-dealkylation sites (N-methyl/N-ethyl adjacent to an activating group) is 1. The van der Waals surface area contributed by atoms with Crippen LogP contribution in [0.3, 0.4) is 0 Å². The lowest BCUT2D eigenvalue weighted by Gasteiger charge is -2.33. The highest BCUT2D eigenvalue weighted by Gasteiger charge is 2.20. The number of hydrogen-bond acceptors (Lipinski definition) is 5. The molecule has 0 radical (unpaired) electrons. The third kappa shape index (κ3) is 2.23. The Balaban J connectivity index is 1.94. The van der Waals surface area contributed by atoms with E-state index >= 15 is 0 Å². The molecular weight excluding hydrogens is 254 g/mol. The van der Waals surface area contributed by atoms with Crippen molar-refractivity contribution in [3.63, 3.8) is 0 Å². The molecule has 0 unspecified atom stereocenters. The van der Waals surface area contributed by atoms with Gasteiger partial charge in [0.05, 0.1) is 0 Å². The third-order valence-electron chi connectivity index (χ3n) is 3.30. The highest BCUT2D eigenvalue weighted by atomic mass is 19.3. The zero-order valence-electron chi connectivity index (χ0n) is 10.5. The molecule has 3 heterocycles. The Bertz CT molecular complexity index is 576. The molecule has 1 saturated heterocycles. The van der Waals surface area contributed by atoms with E-state index in [1.165, 1.54) is 0 Å². The molecule has 0 atom stereocenters. The van der Waals surface area contributed by atoms with E-state index in [4.69, 9.17) is 0 Å². The number of aromatic nitrogens is 4. The molecule has 1 aliphatic heterocycles. The summed E-state index contributed by atoms with van der Waals surface area (Å²) >= 11 is 0. The fourth-order valence-electron chi connectivity index (χ4n) is 2.14. The molecule has 19 heavy (non-hydrogen) atoms. The number of piperazine rings is 1. The van der Waals surface area contributed by atoms with Gasteiger partial charge in [-0.25, -0.2) is 8.78 Å². The molecule has 8 heteroatoms. The molecule has 102 valence electrons. The number of alkyl halides is 2. The van der Waals surface area contributed by atoms with Gasteiger partial charge in [-0.2, -0.15) is 4.52 Å². The summed E-state index contributed by atoms with van der Waals surface area (Å²) in [7, 11) is 2.06. The van der Waals surface area contributed by atoms with Gasteiger partial charge in [0.15, 0.2) is 5.65 Å². The van der Waals surface area contributed by atoms with Gasteiger partial charge in [0.2, 0.25) is 5.82 Å². The normalized spacial score (nSPS) is 17.6. The molecule has 0 aromatic carbocycles. The summed E-state index contributed by atoms with van der Waals surface area (Å²) in [5, 5.41) is 11.4. The van der Waals surface area contributed by atoms with E-state index in [-0.39, 0.29) is 0 Å². The van der Waals surface area contributed by atoms with Crippen molar-refractivity contribution in [2.75, 3.05) is 38.1 Å². The van der Waals surface area contributed by atoms with Crippen LogP contribution in [-0.2, 0) is 0 Å². The third-order valence-corrected chi connectivity index (χ3v) is 3.30. The SMILES string of the molecule is CN1CCN(c2ccc3nnc(C(F)F)n3n2)CC1. The van der Waals surface area contributed by atoms with Crippen molar-refractivity contribution in [2.24, 2.45) is 0 Å². The first-order chi connectivity index (χ1) is 9.15. The summed E-state index contributed by atoms with van der Waals surface area (Å²) in [6.45, 7) is 3.54. The zero-order chi connectivity index (χ0) is 13.4. The predicted octanol–water partition coefficient (Wildman–Crippen LogP) is 0.814. The standard InChI is InChI=1S/C11H14F2N6/c1-17-4-6-18(7-5-17)9-3-2-8-14-15-11(10(12)13)19(8)16-9/h2-3,10H,4-7H2,1H3. The maximum Gasteiger partial charge on any atom is 0.299 e. The van der Waals surface area contributed by atoms with Gasteiger partial charge in [-0.05, 0) is 19.2 Å². The van der Waals surface area contributed by atoms with Crippen LogP contribution in [-0.4, -0.2) is 57.9 Å². The van der Waals surface area contributed by atoms with E-state index < -0.39 is 12.2 Å². The van der Waals surface area contributed by atoms with E-state index in [2.05, 4.69) is 32.1 Å². The monoisotopic (exact) mass is 268 g/mol. The lowest BCUT2D eigenvalue weighted by atomic mass is 10.3. The van der Waals surface area contributed by atoms with Gasteiger partial charge in [-0.3, -0.25) is 0 Å². The van der Waals surface area contributed by atoms with Gasteiger partial charge in [-0.1, -0.05) is 0 Å². The Labute approximate surface area is 108 Å². The Morgan fingerprint density at radius 3 is 2.53 bits per heavy atom. The fourth-order valence-corrected chi connectivity index (χ4v) is 2.14. The van der Waals surface area contributed by atoms with Crippen molar-refractivity contribution in [1.29, 1.82) is 0 Å². The number of fused-ring (bicyclic) bond motifs is 1. The summed E-state index contributed by atoms with van der Waals surface area (Å²) in [5.74, 6) is 0.272. The molecule has 6 nitrogen and oxygen atoms in total. The number of nitrogens with zero attached hydrogens (tertiary/aromatic N) is 6. The minimum absolute atomic E-state index is 0.341. The van der Waals surface area contributed by atoms with Crippen LogP contribution in [0.5, 0.6) is 0 Å². The Morgan fingerprint density at radius 1 is 1.11 bits per heavy atom. The van der Waals surface area contributed by atoms with Crippen LogP contribution >= 0.6 is 0 Å². The highest BCUT2D eigenvalue weighted by molar-refractivity contribution is 5.46. The van der Waals surface area contributed by atoms with E-state index in [9.17, 15) is 8.78 Å². The second-order valence-corrected chi connectivity index (χ2v) is 4.61. The molecule has 0 amide bonds. The Hall–Kier alpha value is -1.83. The average molecular weight is 268 g/mol. The molecule has 0 spiro atoms. The number of hydrogen-bond donors (Lipinski definition) is 0. The van der Waals surface area contributed by atoms with Crippen LogP contribution in [0.2, 0.25) is 0 Å². The van der Waals surface area contributed by atoms with Gasteiger partial charge < -0.3 is 9.80 Å². The average Bonchev–Trinajstić information content (AvgIpc) is 2.82. The van der Waals surface area contributed by atoms with Crippen LogP contribution in [0.25, 0.3) is 5.65 Å². The maximum absolute atomic E-state index is 12.8. The summed E-state index contributed by atoms with van der Waals surface area (Å²) in [6.07, 6.45) is -2.68. The second kappa shape index (κ2) is 4.69. The number of anilines is 1. The van der Waals surface area contributed by atoms with Crippen molar-refractivity contribution in [2.45, 2.75) is 6.43 Å². The van der Waals surface area contributed by atoms with E-state index in [0.29, 0.717) is 11.5 Å². The lowest BCUT2D eigenvalue weighted by Crippen LogP contribution is -2.45. The first-order valence-electron chi connectivity index (χ1n) is 6.09. The fraction of sp³-hybridized carbons (Fsp3) is 0.545. The van der Waals surface area contributed by atoms with Gasteiger partial charge in [-0.15, -0.1) is 15.3 Å². The maximum atomic E-state index is 12.8. The van der Waals surface area contributed by atoms with Crippen molar-refractivity contribution >= 4 is 11.5 Å². The highest BCUT2D eigenvalue weighted by Crippen LogP contribution is 2.19. The van der Waals surface area contributed by atoms with E-state index in [1.54, 1.807) is 12.1 Å². The molecule has 0 bridgehead atoms. The van der Waals surface area contributed by atoms with Crippen molar-refractivity contribution < 1.29 is 8.78 Å². The number of halogens is 2. The molecule has 0 aliphatic carbocycles. The largest absolute Gasteiger partial charge is 0.353 e. The van der Waals surface area contributed by atoms with Crippen molar-refractivity contribution in [3.8, 4) is 0 Å². The molecule has 2 aromatic heterocycles. The quantitative estimate of drug-likeness (QED) is 0.807. The van der Waals surface area contributed by atoms with Gasteiger partial charge >= 0.3 is 0 Å². The Morgan fingerprint density at radius 2 is 1.84 bits per heavy atom. The summed E-state index contributed by atoms with van der Waals surface area (Å²) < 4.78 is 26.7. The van der Waals surface area contributed by atoms with Crippen LogP contribution in [0.4, 0.5) is 14.6 Å². The molecular formula is C11H14F2N6. The second-order valence-electron chi connectivity index (χ2n) is 4.61. The van der Waals surface area contributed by atoms with Gasteiger partial charge in [0.25, 0.3) is 6.43 Å². The minimum Gasteiger partial charge on any atom is -0.353 e. The van der Waals surface area contributed by atoms with Crippen molar-refractivity contribution in [1.82, 2.24) is 24.7 Å². The smallest absolute Gasteiger partial charge is 0.299 e. The van der Waals surface area contributed by atoms with Crippen LogP contribution in [0.1, 0.15) is 12.2 Å². The molecule has 0 N–H and O–H groups in total. The summed E-state index contributed by atoms with van der Waals surface area (Å²) in [5.41, 5.74) is 0.341. The lowest BCUT2D eigenvalue weighted by molar-refractivity contribution is 0.137. The van der Waals surface area contributed by atoms with Crippen LogP contribution in [0.15, 0.2) is 12.1 Å². The molecule has 1 fully saturated rings. The topological polar surface area (TPSA) is 49.6 Å². The van der Waals surface area contributed by atoms with E-state index in [1.807, 2.05) is 0 Å². The number of rotatable bonds is 2. The van der Waals surface area contributed by atoms with E-state index in [0.717, 1.165) is 30.7 Å². The van der Waals surface area contributed by atoms with Crippen molar-refractivity contribution in [3.05, 3.63) is 18.0 Å². The molecule has 3 rings (SSSR count). The summed E-state index contributed by atoms with van der Waals surface area (Å²) in [6, 6.07) is 3.46. The first kappa shape index (κ1) is 12.2. The minimum atomic E-state index is -2.68. The van der Waals surface area contributed by atoms with Gasteiger partial charge in [0.1, 0.15) is 5.82 Å². The summed E-state index contributed by atoms with van der Waals surface area (Å²) in [4.78, 5) is 4.30. The van der Waals surface area contributed by atoms with Crippen LogP contribution < -0.4 is 4.90 Å². The van der Waals surface area contributed by atoms with Gasteiger partial charge in [0, 0.05) is 26.2 Å². The molecule has 2 aromatic rings.